The van der Waals surface area contributed by atoms with Crippen LogP contribution < -0.4 is 0 Å². The Morgan fingerprint density at radius 3 is 2.17 bits per heavy atom. The van der Waals surface area contributed by atoms with Gasteiger partial charge in [0.1, 0.15) is 0 Å². The minimum Gasteiger partial charge on any atom is -0.461 e. The highest BCUT2D eigenvalue weighted by molar-refractivity contribution is 5.74. The largest absolute Gasteiger partial charge is 0.461 e. The van der Waals surface area contributed by atoms with E-state index in [4.69, 9.17) is 4.74 Å². The maximum absolute atomic E-state index is 11.0. The van der Waals surface area contributed by atoms with Crippen LogP contribution in [0.3, 0.4) is 0 Å². The fourth-order valence-corrected chi connectivity index (χ4v) is 0.854. The molecule has 0 aliphatic rings. The van der Waals surface area contributed by atoms with E-state index in [0.29, 0.717) is 12.3 Å². The van der Waals surface area contributed by atoms with Crippen molar-refractivity contribution in [2.24, 2.45) is 5.92 Å². The molecule has 0 aromatic rings. The van der Waals surface area contributed by atoms with Crippen LogP contribution in [0.1, 0.15) is 34.1 Å². The van der Waals surface area contributed by atoms with Gasteiger partial charge in [-0.2, -0.15) is 0 Å². The highest BCUT2D eigenvalue weighted by Gasteiger charge is 2.18. The Kier molecular flexibility index (Phi) is 4.90. The van der Waals surface area contributed by atoms with Crippen molar-refractivity contribution in [2.75, 3.05) is 0 Å². The first-order chi connectivity index (χ1) is 5.43. The van der Waals surface area contributed by atoms with Crippen LogP contribution in [0.25, 0.3) is 0 Å². The summed E-state index contributed by atoms with van der Waals surface area (Å²) in [6.07, 6.45) is -0.655. The van der Waals surface area contributed by atoms with E-state index < -0.39 is 12.1 Å². The van der Waals surface area contributed by atoms with Gasteiger partial charge < -0.3 is 9.84 Å². The van der Waals surface area contributed by atoms with E-state index >= 15 is 0 Å². The minimum atomic E-state index is -0.965. The lowest BCUT2D eigenvalue weighted by atomic mass is 10.1. The van der Waals surface area contributed by atoms with Crippen molar-refractivity contribution in [3.05, 3.63) is 0 Å². The molecule has 0 amide bonds. The molecule has 0 heterocycles. The molecule has 1 N–H and O–H groups in total. The molecule has 0 aromatic heterocycles. The molecular formula is C9H18O3. The van der Waals surface area contributed by atoms with Gasteiger partial charge in [-0.05, 0) is 26.2 Å². The Hall–Kier alpha value is -0.570. The summed E-state index contributed by atoms with van der Waals surface area (Å²) in [5.41, 5.74) is 0. The summed E-state index contributed by atoms with van der Waals surface area (Å²) in [6.45, 7) is 7.43. The van der Waals surface area contributed by atoms with Crippen LogP contribution in [0.4, 0.5) is 0 Å². The SMILES string of the molecule is CC(C)CC(O)C(=O)OC(C)C. The smallest absolute Gasteiger partial charge is 0.335 e. The van der Waals surface area contributed by atoms with Crippen molar-refractivity contribution in [1.29, 1.82) is 0 Å². The Labute approximate surface area is 73.7 Å². The van der Waals surface area contributed by atoms with Gasteiger partial charge in [0.2, 0.25) is 0 Å². The van der Waals surface area contributed by atoms with E-state index in [1.807, 2.05) is 13.8 Å². The first-order valence-corrected chi connectivity index (χ1v) is 4.32. The molecule has 0 saturated carbocycles. The first-order valence-electron chi connectivity index (χ1n) is 4.32. The second-order valence-electron chi connectivity index (χ2n) is 3.63. The third-order valence-electron chi connectivity index (χ3n) is 1.32. The molecule has 3 nitrogen and oxygen atoms in total. The van der Waals surface area contributed by atoms with Crippen molar-refractivity contribution in [3.8, 4) is 0 Å². The Morgan fingerprint density at radius 2 is 1.83 bits per heavy atom. The fourth-order valence-electron chi connectivity index (χ4n) is 0.854. The zero-order valence-electron chi connectivity index (χ0n) is 8.20. The molecule has 0 spiro atoms. The molecule has 12 heavy (non-hydrogen) atoms. The quantitative estimate of drug-likeness (QED) is 0.654. The molecule has 0 aliphatic carbocycles. The molecule has 3 heteroatoms. The van der Waals surface area contributed by atoms with Crippen molar-refractivity contribution in [1.82, 2.24) is 0 Å². The summed E-state index contributed by atoms with van der Waals surface area (Å²) in [7, 11) is 0. The van der Waals surface area contributed by atoms with Gasteiger partial charge >= 0.3 is 5.97 Å². The van der Waals surface area contributed by atoms with Gasteiger partial charge in [0.05, 0.1) is 6.10 Å². The minimum absolute atomic E-state index is 0.153. The first kappa shape index (κ1) is 11.4. The predicted molar refractivity (Wildman–Crippen MR) is 46.7 cm³/mol. The maximum atomic E-state index is 11.0. The van der Waals surface area contributed by atoms with E-state index in [-0.39, 0.29) is 6.10 Å². The summed E-state index contributed by atoms with van der Waals surface area (Å²) in [5, 5.41) is 9.26. The third kappa shape index (κ3) is 5.13. The summed E-state index contributed by atoms with van der Waals surface area (Å²) in [5.74, 6) is -0.210. The van der Waals surface area contributed by atoms with Crippen LogP contribution in [0, 0.1) is 5.92 Å². The van der Waals surface area contributed by atoms with Crippen LogP contribution in [-0.2, 0) is 9.53 Å². The van der Waals surface area contributed by atoms with Crippen molar-refractivity contribution in [2.45, 2.75) is 46.3 Å². The Morgan fingerprint density at radius 1 is 1.33 bits per heavy atom. The molecular weight excluding hydrogens is 156 g/mol. The lowest BCUT2D eigenvalue weighted by Gasteiger charge is -2.14. The molecule has 0 aliphatic heterocycles. The zero-order valence-corrected chi connectivity index (χ0v) is 8.20. The summed E-state index contributed by atoms with van der Waals surface area (Å²) in [4.78, 5) is 11.0. The lowest BCUT2D eigenvalue weighted by Crippen LogP contribution is -2.26. The second kappa shape index (κ2) is 5.14. The maximum Gasteiger partial charge on any atom is 0.335 e. The highest BCUT2D eigenvalue weighted by atomic mass is 16.6. The van der Waals surface area contributed by atoms with Gasteiger partial charge in [-0.25, -0.2) is 4.79 Å². The molecule has 0 radical (unpaired) electrons. The second-order valence-corrected chi connectivity index (χ2v) is 3.63. The van der Waals surface area contributed by atoms with Gasteiger partial charge in [0.25, 0.3) is 0 Å². The average Bonchev–Trinajstić information content (AvgIpc) is 1.84. The van der Waals surface area contributed by atoms with E-state index in [1.165, 1.54) is 0 Å². The lowest BCUT2D eigenvalue weighted by molar-refractivity contribution is -0.158. The molecule has 0 rings (SSSR count). The molecule has 1 atom stereocenters. The molecule has 72 valence electrons. The Bertz CT molecular complexity index is 141. The molecule has 0 fully saturated rings. The monoisotopic (exact) mass is 174 g/mol. The van der Waals surface area contributed by atoms with Crippen molar-refractivity contribution < 1.29 is 14.6 Å². The van der Waals surface area contributed by atoms with Crippen molar-refractivity contribution in [3.63, 3.8) is 0 Å². The molecule has 1 unspecified atom stereocenters. The number of hydrogen-bond donors (Lipinski definition) is 1. The standard InChI is InChI=1S/C9H18O3/c1-6(2)5-8(10)9(11)12-7(3)4/h6-8,10H,5H2,1-4H3. The molecule has 0 bridgehead atoms. The highest BCUT2D eigenvalue weighted by Crippen LogP contribution is 2.06. The van der Waals surface area contributed by atoms with Crippen LogP contribution in [0.15, 0.2) is 0 Å². The number of carbonyl (C=O) groups excluding carboxylic acids is 1. The number of hydrogen-bond acceptors (Lipinski definition) is 3. The summed E-state index contributed by atoms with van der Waals surface area (Å²) >= 11 is 0. The topological polar surface area (TPSA) is 46.5 Å². The van der Waals surface area contributed by atoms with Crippen LogP contribution in [0.2, 0.25) is 0 Å². The van der Waals surface area contributed by atoms with Crippen LogP contribution in [0.5, 0.6) is 0 Å². The van der Waals surface area contributed by atoms with Gasteiger partial charge in [-0.1, -0.05) is 13.8 Å². The van der Waals surface area contributed by atoms with E-state index in [0.717, 1.165) is 0 Å². The average molecular weight is 174 g/mol. The number of esters is 1. The van der Waals surface area contributed by atoms with Gasteiger partial charge in [-0.3, -0.25) is 0 Å². The fraction of sp³-hybridized carbons (Fsp3) is 0.889. The van der Waals surface area contributed by atoms with E-state index in [2.05, 4.69) is 0 Å². The van der Waals surface area contributed by atoms with Gasteiger partial charge in [0.15, 0.2) is 6.10 Å². The number of aliphatic hydroxyl groups excluding tert-OH is 1. The van der Waals surface area contributed by atoms with Crippen LogP contribution >= 0.6 is 0 Å². The Balaban J connectivity index is 3.77. The van der Waals surface area contributed by atoms with Crippen molar-refractivity contribution >= 4 is 5.97 Å². The van der Waals surface area contributed by atoms with Gasteiger partial charge in [0, 0.05) is 0 Å². The van der Waals surface area contributed by atoms with E-state index in [9.17, 15) is 9.90 Å². The third-order valence-corrected chi connectivity index (χ3v) is 1.32. The normalized spacial score (nSPS) is 13.6. The molecule has 0 aromatic carbocycles. The number of ether oxygens (including phenoxy) is 1. The summed E-state index contributed by atoms with van der Waals surface area (Å²) in [6, 6.07) is 0. The van der Waals surface area contributed by atoms with Gasteiger partial charge in [-0.15, -0.1) is 0 Å². The predicted octanol–water partition coefficient (Wildman–Crippen LogP) is 1.34. The molecule has 0 saturated heterocycles. The summed E-state index contributed by atoms with van der Waals surface area (Å²) < 4.78 is 4.82. The number of rotatable bonds is 4. The van der Waals surface area contributed by atoms with Crippen LogP contribution in [-0.4, -0.2) is 23.3 Å². The number of aliphatic hydroxyl groups is 1. The number of carbonyl (C=O) groups is 1. The zero-order chi connectivity index (χ0) is 9.72. The van der Waals surface area contributed by atoms with E-state index in [1.54, 1.807) is 13.8 Å².